The average molecular weight is 318 g/mol. The predicted molar refractivity (Wildman–Crippen MR) is 76.0 cm³/mol. The van der Waals surface area contributed by atoms with Crippen LogP contribution in [0.5, 0.6) is 0 Å². The van der Waals surface area contributed by atoms with Crippen molar-refractivity contribution >= 4 is 15.7 Å². The molecular formula is C12H18N2O6S. The maximum atomic E-state index is 12.0. The Morgan fingerprint density at radius 3 is 2.14 bits per heavy atom. The Labute approximate surface area is 122 Å². The molecule has 0 aliphatic carbocycles. The molecule has 1 aromatic carbocycles. The molecule has 0 saturated carbocycles. The van der Waals surface area contributed by atoms with Crippen LogP contribution in [0.1, 0.15) is 18.9 Å². The molecule has 0 amide bonds. The number of hydrogen-bond acceptors (Lipinski definition) is 6. The van der Waals surface area contributed by atoms with Gasteiger partial charge < -0.3 is 10.2 Å². The fourth-order valence-corrected chi connectivity index (χ4v) is 3.35. The van der Waals surface area contributed by atoms with Crippen molar-refractivity contribution < 1.29 is 23.6 Å². The number of nitrogens with zero attached hydrogens (tertiary/aromatic N) is 1. The molecule has 118 valence electrons. The Morgan fingerprint density at radius 2 is 1.76 bits per heavy atom. The van der Waals surface area contributed by atoms with E-state index in [0.29, 0.717) is 5.56 Å². The fourth-order valence-electron chi connectivity index (χ4n) is 1.71. The molecule has 0 atom stereocenters. The zero-order chi connectivity index (χ0) is 16.1. The third-order valence-electron chi connectivity index (χ3n) is 3.16. The number of nitro groups is 1. The Hall–Kier alpha value is -1.55. The van der Waals surface area contributed by atoms with Gasteiger partial charge in [0.25, 0.3) is 5.69 Å². The van der Waals surface area contributed by atoms with E-state index in [1.807, 2.05) is 0 Å². The van der Waals surface area contributed by atoms with E-state index in [1.54, 1.807) is 6.92 Å². The van der Waals surface area contributed by atoms with Crippen LogP contribution in [0.25, 0.3) is 0 Å². The zero-order valence-electron chi connectivity index (χ0n) is 11.5. The number of nitrogens with one attached hydrogen (secondary N) is 1. The van der Waals surface area contributed by atoms with Crippen LogP contribution in [0.2, 0.25) is 0 Å². The minimum atomic E-state index is -3.80. The normalized spacial score (nSPS) is 12.3. The van der Waals surface area contributed by atoms with Gasteiger partial charge in [0, 0.05) is 12.1 Å². The minimum absolute atomic E-state index is 0.127. The lowest BCUT2D eigenvalue weighted by atomic mass is 10.0. The zero-order valence-corrected chi connectivity index (χ0v) is 12.3. The number of benzene rings is 1. The van der Waals surface area contributed by atoms with Gasteiger partial charge in [0.2, 0.25) is 10.0 Å². The highest BCUT2D eigenvalue weighted by atomic mass is 32.2. The Balaban J connectivity index is 2.87. The summed E-state index contributed by atoms with van der Waals surface area (Å²) in [6, 6.07) is 5.14. The van der Waals surface area contributed by atoms with Gasteiger partial charge in [-0.05, 0) is 12.0 Å². The van der Waals surface area contributed by atoms with Crippen molar-refractivity contribution in [3.05, 3.63) is 39.9 Å². The number of aliphatic hydroxyl groups excluding tert-OH is 2. The SMILES string of the molecule is CCC(CO)(CO)NS(=O)(=O)Cc1ccc([N+](=O)[O-])cc1. The van der Waals surface area contributed by atoms with Crippen LogP contribution in [-0.2, 0) is 15.8 Å². The molecule has 3 N–H and O–H groups in total. The molecule has 0 aliphatic rings. The molecule has 0 spiro atoms. The maximum Gasteiger partial charge on any atom is 0.269 e. The van der Waals surface area contributed by atoms with E-state index in [1.165, 1.54) is 24.3 Å². The molecule has 0 heterocycles. The largest absolute Gasteiger partial charge is 0.394 e. The molecule has 0 radical (unpaired) electrons. The van der Waals surface area contributed by atoms with E-state index < -0.39 is 39.5 Å². The molecule has 0 aliphatic heterocycles. The topological polar surface area (TPSA) is 130 Å². The predicted octanol–water partition coefficient (Wildman–Crippen LogP) is 0.148. The van der Waals surface area contributed by atoms with Crippen LogP contribution in [0.3, 0.4) is 0 Å². The van der Waals surface area contributed by atoms with Crippen molar-refractivity contribution in [2.75, 3.05) is 13.2 Å². The summed E-state index contributed by atoms with van der Waals surface area (Å²) in [5.41, 5.74) is -1.06. The van der Waals surface area contributed by atoms with Gasteiger partial charge in [-0.25, -0.2) is 13.1 Å². The summed E-state index contributed by atoms with van der Waals surface area (Å²) in [6.45, 7) is 0.583. The summed E-state index contributed by atoms with van der Waals surface area (Å²) in [5.74, 6) is -0.396. The molecule has 0 aromatic heterocycles. The number of nitro benzene ring substituents is 1. The van der Waals surface area contributed by atoms with Gasteiger partial charge >= 0.3 is 0 Å². The Bertz CT molecular complexity index is 572. The first-order chi connectivity index (χ1) is 9.77. The second-order valence-corrected chi connectivity index (χ2v) is 6.46. The number of non-ortho nitro benzene ring substituents is 1. The Morgan fingerprint density at radius 1 is 1.24 bits per heavy atom. The lowest BCUT2D eigenvalue weighted by Crippen LogP contribution is -2.53. The van der Waals surface area contributed by atoms with E-state index >= 15 is 0 Å². The van der Waals surface area contributed by atoms with Gasteiger partial charge in [-0.3, -0.25) is 10.1 Å². The molecule has 0 unspecified atom stereocenters. The van der Waals surface area contributed by atoms with Gasteiger partial charge in [-0.1, -0.05) is 19.1 Å². The molecule has 9 heteroatoms. The second kappa shape index (κ2) is 6.94. The third-order valence-corrected chi connectivity index (χ3v) is 4.62. The summed E-state index contributed by atoms with van der Waals surface area (Å²) < 4.78 is 26.4. The monoisotopic (exact) mass is 318 g/mol. The smallest absolute Gasteiger partial charge is 0.269 e. The van der Waals surface area contributed by atoms with Crippen LogP contribution in [-0.4, -0.2) is 42.3 Å². The Kier molecular flexibility index (Phi) is 5.78. The molecule has 0 bridgehead atoms. The van der Waals surface area contributed by atoms with Crippen molar-refractivity contribution in [3.8, 4) is 0 Å². The maximum absolute atomic E-state index is 12.0. The highest BCUT2D eigenvalue weighted by molar-refractivity contribution is 7.88. The van der Waals surface area contributed by atoms with E-state index in [9.17, 15) is 28.7 Å². The van der Waals surface area contributed by atoms with Crippen molar-refractivity contribution in [1.29, 1.82) is 0 Å². The van der Waals surface area contributed by atoms with Gasteiger partial charge in [-0.2, -0.15) is 0 Å². The number of aliphatic hydroxyl groups is 2. The lowest BCUT2D eigenvalue weighted by Gasteiger charge is -2.29. The lowest BCUT2D eigenvalue weighted by molar-refractivity contribution is -0.384. The molecule has 0 saturated heterocycles. The molecule has 1 rings (SSSR count). The summed E-state index contributed by atoms with van der Waals surface area (Å²) in [4.78, 5) is 9.95. The summed E-state index contributed by atoms with van der Waals surface area (Å²) in [6.07, 6.45) is 0.222. The molecule has 8 nitrogen and oxygen atoms in total. The van der Waals surface area contributed by atoms with Crippen LogP contribution in [0, 0.1) is 10.1 Å². The number of hydrogen-bond donors (Lipinski definition) is 3. The quantitative estimate of drug-likeness (QED) is 0.462. The van der Waals surface area contributed by atoms with Crippen LogP contribution < -0.4 is 4.72 Å². The van der Waals surface area contributed by atoms with E-state index in [4.69, 9.17) is 0 Å². The number of sulfonamides is 1. The average Bonchev–Trinajstić information content (AvgIpc) is 2.45. The summed E-state index contributed by atoms with van der Waals surface area (Å²) in [5, 5.41) is 29.0. The second-order valence-electron chi connectivity index (χ2n) is 4.73. The third kappa shape index (κ3) is 4.74. The first kappa shape index (κ1) is 17.5. The van der Waals surface area contributed by atoms with Gasteiger partial charge in [0.1, 0.15) is 0 Å². The number of rotatable bonds is 8. The van der Waals surface area contributed by atoms with E-state index in [2.05, 4.69) is 4.72 Å². The van der Waals surface area contributed by atoms with Crippen LogP contribution in [0.15, 0.2) is 24.3 Å². The highest BCUT2D eigenvalue weighted by Gasteiger charge is 2.31. The molecule has 21 heavy (non-hydrogen) atoms. The van der Waals surface area contributed by atoms with Crippen molar-refractivity contribution in [1.82, 2.24) is 4.72 Å². The van der Waals surface area contributed by atoms with E-state index in [-0.39, 0.29) is 12.1 Å². The molecule has 0 fully saturated rings. The molecular weight excluding hydrogens is 300 g/mol. The van der Waals surface area contributed by atoms with Crippen LogP contribution in [0.4, 0.5) is 5.69 Å². The first-order valence-electron chi connectivity index (χ1n) is 6.24. The van der Waals surface area contributed by atoms with Gasteiger partial charge in [0.15, 0.2) is 0 Å². The van der Waals surface area contributed by atoms with Crippen LogP contribution >= 0.6 is 0 Å². The van der Waals surface area contributed by atoms with Gasteiger partial charge in [-0.15, -0.1) is 0 Å². The van der Waals surface area contributed by atoms with Crippen molar-refractivity contribution in [3.63, 3.8) is 0 Å². The minimum Gasteiger partial charge on any atom is -0.394 e. The first-order valence-corrected chi connectivity index (χ1v) is 7.89. The highest BCUT2D eigenvalue weighted by Crippen LogP contribution is 2.16. The van der Waals surface area contributed by atoms with Crippen molar-refractivity contribution in [2.45, 2.75) is 24.6 Å². The molecule has 1 aromatic rings. The standard InChI is InChI=1S/C12H18N2O6S/c1-2-12(8-15,9-16)13-21(19,20)7-10-3-5-11(6-4-10)14(17)18/h3-6,13,15-16H,2,7-9H2,1H3. The fraction of sp³-hybridized carbons (Fsp3) is 0.500. The van der Waals surface area contributed by atoms with Gasteiger partial charge in [0.05, 0.1) is 29.4 Å². The van der Waals surface area contributed by atoms with E-state index in [0.717, 1.165) is 0 Å². The summed E-state index contributed by atoms with van der Waals surface area (Å²) in [7, 11) is -3.80. The summed E-state index contributed by atoms with van der Waals surface area (Å²) >= 11 is 0. The van der Waals surface area contributed by atoms with Crippen molar-refractivity contribution in [2.24, 2.45) is 0 Å².